The number of nitrogens with two attached hydrogens (primary N) is 1. The molecule has 180 valence electrons. The van der Waals surface area contributed by atoms with Crippen LogP contribution in [0.2, 0.25) is 0 Å². The smallest absolute Gasteiger partial charge is 0.338 e. The average Bonchev–Trinajstić information content (AvgIpc) is 3.66. The number of rotatable bonds is 6. The van der Waals surface area contributed by atoms with Gasteiger partial charge in [0, 0.05) is 5.56 Å². The molecular formula is C23H20N4O8. The minimum absolute atomic E-state index is 0.104. The highest BCUT2D eigenvalue weighted by Gasteiger charge is 2.54. The lowest BCUT2D eigenvalue weighted by Gasteiger charge is -2.20. The Morgan fingerprint density at radius 1 is 1.03 bits per heavy atom. The second kappa shape index (κ2) is 8.65. The van der Waals surface area contributed by atoms with Crippen molar-refractivity contribution in [3.8, 4) is 11.5 Å². The van der Waals surface area contributed by atoms with Crippen molar-refractivity contribution in [2.45, 2.75) is 30.8 Å². The molecule has 35 heavy (non-hydrogen) atoms. The van der Waals surface area contributed by atoms with Crippen molar-refractivity contribution < 1.29 is 38.0 Å². The molecule has 6 rings (SSSR count). The number of primary amides is 1. The fourth-order valence-corrected chi connectivity index (χ4v) is 4.22. The van der Waals surface area contributed by atoms with Crippen molar-refractivity contribution in [3.05, 3.63) is 71.8 Å². The van der Waals surface area contributed by atoms with E-state index in [0.717, 1.165) is 5.56 Å². The summed E-state index contributed by atoms with van der Waals surface area (Å²) in [5.74, 6) is -0.425. The van der Waals surface area contributed by atoms with Crippen molar-refractivity contribution in [2.75, 3.05) is 13.4 Å². The molecule has 1 aromatic heterocycles. The van der Waals surface area contributed by atoms with Gasteiger partial charge in [0.05, 0.1) is 5.56 Å². The highest BCUT2D eigenvalue weighted by molar-refractivity contribution is 5.90. The summed E-state index contributed by atoms with van der Waals surface area (Å²) < 4.78 is 35.9. The third-order valence-corrected chi connectivity index (χ3v) is 5.90. The largest absolute Gasteiger partial charge is 0.459 e. The van der Waals surface area contributed by atoms with Crippen LogP contribution in [0, 0.1) is 0 Å². The number of hydrogen-bond acceptors (Lipinski definition) is 10. The molecule has 0 aliphatic carbocycles. The lowest BCUT2D eigenvalue weighted by Crippen LogP contribution is -2.32. The van der Waals surface area contributed by atoms with Gasteiger partial charge in [-0.25, -0.2) is 14.5 Å². The fourth-order valence-electron chi connectivity index (χ4n) is 4.22. The fraction of sp³-hybridized carbons (Fsp3) is 0.304. The summed E-state index contributed by atoms with van der Waals surface area (Å²) in [4.78, 5) is 28.1. The lowest BCUT2D eigenvalue weighted by atomic mass is 10.1. The van der Waals surface area contributed by atoms with Gasteiger partial charge in [0.1, 0.15) is 31.2 Å². The minimum atomic E-state index is -0.774. The number of ether oxygens (including phenoxy) is 6. The van der Waals surface area contributed by atoms with Crippen LogP contribution >= 0.6 is 0 Å². The molecule has 0 radical (unpaired) electrons. The van der Waals surface area contributed by atoms with Crippen LogP contribution in [0.1, 0.15) is 39.1 Å². The van der Waals surface area contributed by atoms with Crippen molar-refractivity contribution in [2.24, 2.45) is 5.73 Å². The maximum atomic E-state index is 12.7. The minimum Gasteiger partial charge on any atom is -0.459 e. The Bertz CT molecular complexity index is 1270. The quantitative estimate of drug-likeness (QED) is 0.513. The zero-order chi connectivity index (χ0) is 23.9. The first-order chi connectivity index (χ1) is 17.1. The van der Waals surface area contributed by atoms with Crippen LogP contribution in [-0.2, 0) is 18.9 Å². The summed E-state index contributed by atoms with van der Waals surface area (Å²) in [5.41, 5.74) is 6.42. The van der Waals surface area contributed by atoms with Crippen LogP contribution < -0.4 is 15.2 Å². The van der Waals surface area contributed by atoms with Gasteiger partial charge in [0.15, 0.2) is 24.0 Å². The van der Waals surface area contributed by atoms with E-state index >= 15 is 0 Å². The molecule has 3 aromatic rings. The van der Waals surface area contributed by atoms with E-state index in [1.807, 2.05) is 30.3 Å². The Kier molecular flexibility index (Phi) is 5.32. The Morgan fingerprint density at radius 3 is 2.63 bits per heavy atom. The SMILES string of the molecule is NC(=O)c1ncn([C@@H]2O[C@H](COC(=O)c3ccc4c(c3)OCO4)C3OC(c4ccccc4)OC32)n1. The molecular weight excluding hydrogens is 460 g/mol. The van der Waals surface area contributed by atoms with Crippen molar-refractivity contribution >= 4 is 11.9 Å². The zero-order valence-electron chi connectivity index (χ0n) is 18.2. The van der Waals surface area contributed by atoms with E-state index in [0.29, 0.717) is 17.1 Å². The second-order valence-electron chi connectivity index (χ2n) is 8.09. The van der Waals surface area contributed by atoms with E-state index in [1.54, 1.807) is 18.2 Å². The third-order valence-electron chi connectivity index (χ3n) is 5.90. The topological polar surface area (TPSA) is 146 Å². The van der Waals surface area contributed by atoms with Gasteiger partial charge >= 0.3 is 5.97 Å². The molecule has 12 heteroatoms. The standard InChI is InChI=1S/C23H20N4O8/c24-19(28)20-25-10-27(26-20)21-18-17(34-23(35-18)12-4-2-1-3-5-12)16(33-21)9-30-22(29)13-6-7-14-15(8-13)32-11-31-14/h1-8,10,16-18,21,23H,9,11H2,(H2,24,28)/t16-,17?,18?,21-,23?/m1/s1. The van der Waals surface area contributed by atoms with Crippen LogP contribution in [0.5, 0.6) is 11.5 Å². The first-order valence-corrected chi connectivity index (χ1v) is 10.9. The Hall–Kier alpha value is -4.00. The van der Waals surface area contributed by atoms with Crippen LogP contribution in [0.4, 0.5) is 0 Å². The molecule has 0 saturated carbocycles. The van der Waals surface area contributed by atoms with Gasteiger partial charge in [-0.1, -0.05) is 30.3 Å². The van der Waals surface area contributed by atoms with E-state index in [4.69, 9.17) is 34.2 Å². The number of esters is 1. The Labute approximate surface area is 198 Å². The Balaban J connectivity index is 1.20. The monoisotopic (exact) mass is 480 g/mol. The number of nitrogens with zero attached hydrogens (tertiary/aromatic N) is 3. The highest BCUT2D eigenvalue weighted by Crippen LogP contribution is 2.44. The van der Waals surface area contributed by atoms with Gasteiger partial charge in [-0.05, 0) is 18.2 Å². The summed E-state index contributed by atoms with van der Waals surface area (Å²) in [6.45, 7) is 0.00105. The summed E-state index contributed by atoms with van der Waals surface area (Å²) in [6.07, 6.45) is -1.93. The van der Waals surface area contributed by atoms with E-state index in [2.05, 4.69) is 10.1 Å². The summed E-state index contributed by atoms with van der Waals surface area (Å²) in [7, 11) is 0. The average molecular weight is 480 g/mol. The van der Waals surface area contributed by atoms with Gasteiger partial charge in [0.25, 0.3) is 5.91 Å². The summed E-state index contributed by atoms with van der Waals surface area (Å²) in [6, 6.07) is 14.2. The first kappa shape index (κ1) is 21.5. The van der Waals surface area contributed by atoms with Crippen molar-refractivity contribution in [3.63, 3.8) is 0 Å². The van der Waals surface area contributed by atoms with Gasteiger partial charge in [-0.3, -0.25) is 4.79 Å². The molecule has 0 spiro atoms. The van der Waals surface area contributed by atoms with E-state index < -0.39 is 42.7 Å². The number of carbonyl (C=O) groups is 2. The summed E-state index contributed by atoms with van der Waals surface area (Å²) >= 11 is 0. The first-order valence-electron chi connectivity index (χ1n) is 10.9. The molecule has 2 saturated heterocycles. The second-order valence-corrected chi connectivity index (χ2v) is 8.09. The number of fused-ring (bicyclic) bond motifs is 2. The number of carbonyl (C=O) groups excluding carboxylic acids is 2. The number of aromatic nitrogens is 3. The number of benzene rings is 2. The summed E-state index contributed by atoms with van der Waals surface area (Å²) in [5, 5.41) is 4.10. The third kappa shape index (κ3) is 3.97. The maximum Gasteiger partial charge on any atom is 0.338 e. The van der Waals surface area contributed by atoms with Crippen LogP contribution in [0.15, 0.2) is 54.9 Å². The van der Waals surface area contributed by atoms with Gasteiger partial charge in [0.2, 0.25) is 12.6 Å². The zero-order valence-corrected chi connectivity index (χ0v) is 18.2. The molecule has 1 amide bonds. The van der Waals surface area contributed by atoms with E-state index in [9.17, 15) is 9.59 Å². The Morgan fingerprint density at radius 2 is 1.83 bits per heavy atom. The van der Waals surface area contributed by atoms with Gasteiger partial charge < -0.3 is 34.2 Å². The van der Waals surface area contributed by atoms with Crippen molar-refractivity contribution in [1.82, 2.24) is 14.8 Å². The van der Waals surface area contributed by atoms with Gasteiger partial charge in [-0.2, -0.15) is 0 Å². The molecule has 3 aliphatic heterocycles. The molecule has 3 aliphatic rings. The van der Waals surface area contributed by atoms with Crippen LogP contribution in [-0.4, -0.2) is 58.4 Å². The van der Waals surface area contributed by atoms with Gasteiger partial charge in [-0.15, -0.1) is 5.10 Å². The predicted molar refractivity (Wildman–Crippen MR) is 114 cm³/mol. The molecule has 3 unspecified atom stereocenters. The molecule has 0 bridgehead atoms. The molecule has 4 heterocycles. The van der Waals surface area contributed by atoms with E-state index in [1.165, 1.54) is 11.0 Å². The van der Waals surface area contributed by atoms with Crippen molar-refractivity contribution in [1.29, 1.82) is 0 Å². The number of hydrogen-bond donors (Lipinski definition) is 1. The molecule has 2 aromatic carbocycles. The maximum absolute atomic E-state index is 12.7. The normalized spacial score (nSPS) is 26.5. The van der Waals surface area contributed by atoms with Crippen LogP contribution in [0.3, 0.4) is 0 Å². The molecule has 12 nitrogen and oxygen atoms in total. The molecule has 2 N–H and O–H groups in total. The van der Waals surface area contributed by atoms with E-state index in [-0.39, 0.29) is 19.2 Å². The predicted octanol–water partition coefficient (Wildman–Crippen LogP) is 1.34. The van der Waals surface area contributed by atoms with Crippen LogP contribution in [0.25, 0.3) is 0 Å². The highest BCUT2D eigenvalue weighted by atomic mass is 16.8. The lowest BCUT2D eigenvalue weighted by molar-refractivity contribution is -0.156. The number of amides is 1. The molecule has 5 atom stereocenters. The molecule has 2 fully saturated rings.